The minimum absolute atomic E-state index is 0. The number of hydrogen-bond acceptors (Lipinski definition) is 3. The minimum atomic E-state index is 0. The molecule has 1 fully saturated rings. The first kappa shape index (κ1) is 14.6. The van der Waals surface area contributed by atoms with Crippen molar-refractivity contribution < 1.29 is 4.79 Å². The Bertz CT molecular complexity index is 564. The Balaban J connectivity index is 0.00000147. The molecule has 2 aromatic rings. The summed E-state index contributed by atoms with van der Waals surface area (Å²) in [6.45, 7) is 3.20. The number of nitrogens with one attached hydrogen (secondary N) is 2. The third-order valence-electron chi connectivity index (χ3n) is 3.28. The molecule has 2 heterocycles. The number of carbonyl (C=O) groups is 1. The normalized spacial score (nSPS) is 14.7. The number of carbonyl (C=O) groups excluding carboxylic acids is 1. The molecule has 0 saturated carbocycles. The van der Waals surface area contributed by atoms with Crippen molar-refractivity contribution in [2.75, 3.05) is 26.2 Å². The van der Waals surface area contributed by atoms with Gasteiger partial charge in [-0.2, -0.15) is 5.10 Å². The second kappa shape index (κ2) is 6.54. The first-order chi connectivity index (χ1) is 9.34. The first-order valence-corrected chi connectivity index (χ1v) is 6.45. The zero-order valence-electron chi connectivity index (χ0n) is 11.0. The van der Waals surface area contributed by atoms with Crippen LogP contribution in [0.2, 0.25) is 0 Å². The highest BCUT2D eigenvalue weighted by molar-refractivity contribution is 5.93. The van der Waals surface area contributed by atoms with Crippen molar-refractivity contribution >= 4 is 18.3 Å². The highest BCUT2D eigenvalue weighted by atomic mass is 35.5. The molecule has 1 aliphatic heterocycles. The van der Waals surface area contributed by atoms with Crippen molar-refractivity contribution in [1.82, 2.24) is 20.4 Å². The predicted octanol–water partition coefficient (Wildman–Crippen LogP) is 1.54. The fraction of sp³-hybridized carbons (Fsp3) is 0.286. The van der Waals surface area contributed by atoms with Gasteiger partial charge in [0.2, 0.25) is 0 Å². The van der Waals surface area contributed by atoms with Crippen molar-refractivity contribution in [3.8, 4) is 11.3 Å². The Labute approximate surface area is 123 Å². The lowest BCUT2D eigenvalue weighted by Crippen LogP contribution is -2.46. The van der Waals surface area contributed by atoms with Gasteiger partial charge in [-0.25, -0.2) is 0 Å². The zero-order chi connectivity index (χ0) is 13.1. The number of nitrogens with zero attached hydrogens (tertiary/aromatic N) is 2. The molecule has 1 amide bonds. The summed E-state index contributed by atoms with van der Waals surface area (Å²) in [6.07, 6.45) is 0. The van der Waals surface area contributed by atoms with E-state index in [1.165, 1.54) is 0 Å². The van der Waals surface area contributed by atoms with Crippen LogP contribution in [-0.2, 0) is 0 Å². The van der Waals surface area contributed by atoms with E-state index < -0.39 is 0 Å². The van der Waals surface area contributed by atoms with Crippen LogP contribution in [0.4, 0.5) is 0 Å². The molecular weight excluding hydrogens is 276 g/mol. The molecular formula is C14H17ClN4O. The second-order valence-electron chi connectivity index (χ2n) is 4.58. The average molecular weight is 293 g/mol. The average Bonchev–Trinajstić information content (AvgIpc) is 2.98. The van der Waals surface area contributed by atoms with Crippen molar-refractivity contribution in [3.05, 3.63) is 42.1 Å². The molecule has 0 bridgehead atoms. The largest absolute Gasteiger partial charge is 0.335 e. The minimum Gasteiger partial charge on any atom is -0.335 e. The Kier molecular flexibility index (Phi) is 4.76. The lowest BCUT2D eigenvalue weighted by Gasteiger charge is -2.26. The lowest BCUT2D eigenvalue weighted by molar-refractivity contribution is 0.0730. The third kappa shape index (κ3) is 3.00. The van der Waals surface area contributed by atoms with Gasteiger partial charge >= 0.3 is 0 Å². The highest BCUT2D eigenvalue weighted by Crippen LogP contribution is 2.17. The maximum absolute atomic E-state index is 12.3. The Morgan fingerprint density at radius 1 is 1.15 bits per heavy atom. The van der Waals surface area contributed by atoms with Gasteiger partial charge in [-0.3, -0.25) is 9.89 Å². The number of rotatable bonds is 2. The van der Waals surface area contributed by atoms with E-state index in [0.29, 0.717) is 5.69 Å². The van der Waals surface area contributed by atoms with Gasteiger partial charge in [0.15, 0.2) is 0 Å². The summed E-state index contributed by atoms with van der Waals surface area (Å²) in [5, 5.41) is 10.3. The number of benzene rings is 1. The van der Waals surface area contributed by atoms with Crippen LogP contribution in [0.5, 0.6) is 0 Å². The molecule has 1 aromatic heterocycles. The molecule has 0 aliphatic carbocycles. The number of aromatic amines is 1. The van der Waals surface area contributed by atoms with Crippen LogP contribution in [0.15, 0.2) is 36.4 Å². The van der Waals surface area contributed by atoms with Crippen molar-refractivity contribution in [1.29, 1.82) is 0 Å². The topological polar surface area (TPSA) is 61.0 Å². The van der Waals surface area contributed by atoms with Gasteiger partial charge < -0.3 is 10.2 Å². The number of H-pyrrole nitrogens is 1. The van der Waals surface area contributed by atoms with Crippen molar-refractivity contribution in [2.45, 2.75) is 0 Å². The summed E-state index contributed by atoms with van der Waals surface area (Å²) >= 11 is 0. The summed E-state index contributed by atoms with van der Waals surface area (Å²) in [7, 11) is 0. The monoisotopic (exact) mass is 292 g/mol. The summed E-state index contributed by atoms with van der Waals surface area (Å²) in [6, 6.07) is 11.7. The first-order valence-electron chi connectivity index (χ1n) is 6.45. The van der Waals surface area contributed by atoms with Crippen LogP contribution in [0.1, 0.15) is 10.5 Å². The van der Waals surface area contributed by atoms with Crippen molar-refractivity contribution in [2.24, 2.45) is 0 Å². The van der Waals surface area contributed by atoms with Crippen molar-refractivity contribution in [3.63, 3.8) is 0 Å². The van der Waals surface area contributed by atoms with Gasteiger partial charge in [0.05, 0.1) is 5.69 Å². The number of hydrogen-bond donors (Lipinski definition) is 2. The molecule has 1 aromatic carbocycles. The van der Waals surface area contributed by atoms with E-state index >= 15 is 0 Å². The molecule has 1 aliphatic rings. The van der Waals surface area contributed by atoms with Crippen LogP contribution >= 0.6 is 12.4 Å². The van der Waals surface area contributed by atoms with E-state index in [-0.39, 0.29) is 18.3 Å². The highest BCUT2D eigenvalue weighted by Gasteiger charge is 2.19. The Morgan fingerprint density at radius 2 is 1.85 bits per heavy atom. The molecule has 0 atom stereocenters. The maximum Gasteiger partial charge on any atom is 0.271 e. The van der Waals surface area contributed by atoms with Gasteiger partial charge in [-0.1, -0.05) is 30.3 Å². The molecule has 5 nitrogen and oxygen atoms in total. The molecule has 106 valence electrons. The molecule has 6 heteroatoms. The van der Waals surface area contributed by atoms with Crippen LogP contribution < -0.4 is 5.32 Å². The number of aromatic nitrogens is 2. The summed E-state index contributed by atoms with van der Waals surface area (Å²) in [4.78, 5) is 14.1. The molecule has 1 saturated heterocycles. The van der Waals surface area contributed by atoms with Gasteiger partial charge in [0.1, 0.15) is 5.69 Å². The van der Waals surface area contributed by atoms with E-state index in [1.807, 2.05) is 41.3 Å². The molecule has 0 radical (unpaired) electrons. The van der Waals surface area contributed by atoms with E-state index in [0.717, 1.165) is 37.4 Å². The van der Waals surface area contributed by atoms with Crippen LogP contribution in [0.3, 0.4) is 0 Å². The number of halogens is 1. The molecule has 0 spiro atoms. The van der Waals surface area contributed by atoms with Gasteiger partial charge in [0.25, 0.3) is 5.91 Å². The van der Waals surface area contributed by atoms with Gasteiger partial charge in [-0.15, -0.1) is 12.4 Å². The summed E-state index contributed by atoms with van der Waals surface area (Å²) in [5.41, 5.74) is 2.37. The summed E-state index contributed by atoms with van der Waals surface area (Å²) in [5.74, 6) is 0.0242. The SMILES string of the molecule is Cl.O=C(c1cc(-c2ccccc2)n[nH]1)N1CCNCC1. The second-order valence-corrected chi connectivity index (χ2v) is 4.58. The maximum atomic E-state index is 12.3. The van der Waals surface area contributed by atoms with E-state index in [4.69, 9.17) is 0 Å². The smallest absolute Gasteiger partial charge is 0.271 e. The summed E-state index contributed by atoms with van der Waals surface area (Å²) < 4.78 is 0. The standard InChI is InChI=1S/C14H16N4O.ClH/c19-14(18-8-6-15-7-9-18)13-10-12(16-17-13)11-4-2-1-3-5-11;/h1-5,10,15H,6-9H2,(H,16,17);1H. The quantitative estimate of drug-likeness (QED) is 0.883. The molecule has 2 N–H and O–H groups in total. The molecule has 0 unspecified atom stereocenters. The van der Waals surface area contributed by atoms with E-state index in [9.17, 15) is 4.79 Å². The third-order valence-corrected chi connectivity index (χ3v) is 3.28. The number of amides is 1. The number of piperazine rings is 1. The molecule has 20 heavy (non-hydrogen) atoms. The fourth-order valence-corrected chi connectivity index (χ4v) is 2.23. The Morgan fingerprint density at radius 3 is 2.55 bits per heavy atom. The van der Waals surface area contributed by atoms with E-state index in [1.54, 1.807) is 0 Å². The molecule has 3 rings (SSSR count). The van der Waals surface area contributed by atoms with Crippen LogP contribution in [0.25, 0.3) is 11.3 Å². The van der Waals surface area contributed by atoms with Gasteiger partial charge in [-0.05, 0) is 6.07 Å². The van der Waals surface area contributed by atoms with Crippen LogP contribution in [0, 0.1) is 0 Å². The van der Waals surface area contributed by atoms with Crippen LogP contribution in [-0.4, -0.2) is 47.2 Å². The zero-order valence-corrected chi connectivity index (χ0v) is 11.8. The Hall–Kier alpha value is -1.85. The van der Waals surface area contributed by atoms with E-state index in [2.05, 4.69) is 15.5 Å². The van der Waals surface area contributed by atoms with Gasteiger partial charge in [0, 0.05) is 31.7 Å². The fourth-order valence-electron chi connectivity index (χ4n) is 2.23. The predicted molar refractivity (Wildman–Crippen MR) is 80.0 cm³/mol. The lowest BCUT2D eigenvalue weighted by atomic mass is 10.1.